The zero-order chi connectivity index (χ0) is 21.9. The van der Waals surface area contributed by atoms with Crippen molar-refractivity contribution < 1.29 is 19.1 Å². The van der Waals surface area contributed by atoms with Gasteiger partial charge in [0, 0.05) is 49.4 Å². The van der Waals surface area contributed by atoms with Gasteiger partial charge < -0.3 is 19.0 Å². The molecule has 160 valence electrons. The second-order valence-corrected chi connectivity index (χ2v) is 14.3. The SMILES string of the molecule is CCC(=O)Oc1c(C(=O)c2nccn2COCC[Si](C)(C)C)[nH]c2ccc(Cl)cc12. The molecule has 3 aromatic rings. The fraction of sp³-hybridized carbons (Fsp3) is 0.381. The third-order valence-electron chi connectivity index (χ3n) is 4.59. The summed E-state index contributed by atoms with van der Waals surface area (Å²) in [6.45, 7) is 9.39. The van der Waals surface area contributed by atoms with Gasteiger partial charge in [-0.15, -0.1) is 0 Å². The highest BCUT2D eigenvalue weighted by molar-refractivity contribution is 6.76. The number of nitrogens with one attached hydrogen (secondary N) is 1. The van der Waals surface area contributed by atoms with Crippen LogP contribution in [0.3, 0.4) is 0 Å². The molecule has 0 amide bonds. The predicted octanol–water partition coefficient (Wildman–Crippen LogP) is 4.88. The van der Waals surface area contributed by atoms with Crippen molar-refractivity contribution in [3.05, 3.63) is 47.1 Å². The highest BCUT2D eigenvalue weighted by atomic mass is 35.5. The summed E-state index contributed by atoms with van der Waals surface area (Å²) < 4.78 is 12.9. The standard InChI is InChI=1S/C21H26ClN3O4Si/c1-5-17(26)29-20-15-12-14(22)6-7-16(15)24-18(20)19(27)21-23-8-9-25(21)13-28-10-11-30(2,3)4/h6-9,12,24H,5,10-11,13H2,1-4H3. The fourth-order valence-electron chi connectivity index (χ4n) is 2.87. The number of ether oxygens (including phenoxy) is 2. The number of esters is 1. The molecule has 1 aromatic carbocycles. The second kappa shape index (κ2) is 9.16. The minimum atomic E-state index is -1.20. The molecule has 0 aliphatic carbocycles. The van der Waals surface area contributed by atoms with Gasteiger partial charge in [0.2, 0.25) is 5.78 Å². The highest BCUT2D eigenvalue weighted by Crippen LogP contribution is 2.33. The summed E-state index contributed by atoms with van der Waals surface area (Å²) in [4.78, 5) is 32.5. The summed E-state index contributed by atoms with van der Waals surface area (Å²) >= 11 is 6.11. The van der Waals surface area contributed by atoms with Crippen LogP contribution in [0.5, 0.6) is 5.75 Å². The van der Waals surface area contributed by atoms with Gasteiger partial charge in [-0.05, 0) is 24.2 Å². The van der Waals surface area contributed by atoms with Crippen molar-refractivity contribution in [3.8, 4) is 5.75 Å². The molecule has 3 rings (SSSR count). The average Bonchev–Trinajstić information content (AvgIpc) is 3.29. The molecule has 1 N–H and O–H groups in total. The number of halogens is 1. The number of H-pyrrole nitrogens is 1. The molecule has 9 heteroatoms. The molecule has 2 aromatic heterocycles. The van der Waals surface area contributed by atoms with Crippen LogP contribution in [0.25, 0.3) is 10.9 Å². The Morgan fingerprint density at radius 3 is 2.73 bits per heavy atom. The number of nitrogens with zero attached hydrogens (tertiary/aromatic N) is 2. The fourth-order valence-corrected chi connectivity index (χ4v) is 3.80. The maximum atomic E-state index is 13.3. The lowest BCUT2D eigenvalue weighted by Gasteiger charge is -2.16. The van der Waals surface area contributed by atoms with Crippen LogP contribution in [0.1, 0.15) is 29.7 Å². The smallest absolute Gasteiger partial charge is 0.310 e. The Hall–Kier alpha value is -2.42. The Labute approximate surface area is 181 Å². The quantitative estimate of drug-likeness (QED) is 0.219. The van der Waals surface area contributed by atoms with E-state index in [1.54, 1.807) is 42.1 Å². The molecule has 0 radical (unpaired) electrons. The van der Waals surface area contributed by atoms with Crippen LogP contribution < -0.4 is 4.74 Å². The van der Waals surface area contributed by atoms with Gasteiger partial charge >= 0.3 is 5.97 Å². The van der Waals surface area contributed by atoms with Crippen LogP contribution in [0.15, 0.2) is 30.6 Å². The van der Waals surface area contributed by atoms with E-state index in [-0.39, 0.29) is 36.2 Å². The average molecular weight is 448 g/mol. The van der Waals surface area contributed by atoms with Crippen molar-refractivity contribution in [3.63, 3.8) is 0 Å². The Morgan fingerprint density at radius 1 is 1.27 bits per heavy atom. The molecule has 0 saturated carbocycles. The van der Waals surface area contributed by atoms with Crippen molar-refractivity contribution in [1.82, 2.24) is 14.5 Å². The summed E-state index contributed by atoms with van der Waals surface area (Å²) in [6, 6.07) is 6.14. The van der Waals surface area contributed by atoms with E-state index >= 15 is 0 Å². The first-order chi connectivity index (χ1) is 14.2. The number of benzene rings is 1. The first-order valence-electron chi connectivity index (χ1n) is 9.85. The van der Waals surface area contributed by atoms with Crippen LogP contribution >= 0.6 is 11.6 Å². The van der Waals surface area contributed by atoms with Crippen molar-refractivity contribution >= 4 is 42.3 Å². The maximum absolute atomic E-state index is 13.3. The molecule has 2 heterocycles. The Balaban J connectivity index is 1.89. The van der Waals surface area contributed by atoms with Crippen LogP contribution in [-0.4, -0.2) is 41.0 Å². The van der Waals surface area contributed by atoms with Gasteiger partial charge in [-0.1, -0.05) is 38.2 Å². The van der Waals surface area contributed by atoms with Gasteiger partial charge in [-0.25, -0.2) is 4.98 Å². The van der Waals surface area contributed by atoms with E-state index < -0.39 is 14.0 Å². The number of fused-ring (bicyclic) bond motifs is 1. The van der Waals surface area contributed by atoms with E-state index in [4.69, 9.17) is 21.1 Å². The third-order valence-corrected chi connectivity index (χ3v) is 6.53. The van der Waals surface area contributed by atoms with E-state index in [1.807, 2.05) is 0 Å². The van der Waals surface area contributed by atoms with Gasteiger partial charge in [0.15, 0.2) is 11.6 Å². The second-order valence-electron chi connectivity index (χ2n) is 8.24. The number of carbonyl (C=O) groups excluding carboxylic acids is 2. The van der Waals surface area contributed by atoms with Crippen molar-refractivity contribution in [2.24, 2.45) is 0 Å². The molecular weight excluding hydrogens is 422 g/mol. The summed E-state index contributed by atoms with van der Waals surface area (Å²) in [6.07, 6.45) is 3.42. The minimum Gasteiger partial charge on any atom is -0.423 e. The van der Waals surface area contributed by atoms with E-state index in [9.17, 15) is 9.59 Å². The number of imidazole rings is 1. The van der Waals surface area contributed by atoms with Gasteiger partial charge in [0.05, 0.1) is 0 Å². The molecule has 0 atom stereocenters. The first kappa shape index (κ1) is 22.3. The van der Waals surface area contributed by atoms with Gasteiger partial charge in [-0.3, -0.25) is 9.59 Å². The molecule has 0 saturated heterocycles. The van der Waals surface area contributed by atoms with Crippen LogP contribution in [0.2, 0.25) is 30.7 Å². The zero-order valence-electron chi connectivity index (χ0n) is 17.6. The van der Waals surface area contributed by atoms with Crippen LogP contribution in [-0.2, 0) is 16.3 Å². The lowest BCUT2D eigenvalue weighted by atomic mass is 10.2. The van der Waals surface area contributed by atoms with E-state index in [2.05, 4.69) is 29.6 Å². The first-order valence-corrected chi connectivity index (χ1v) is 13.9. The molecule has 30 heavy (non-hydrogen) atoms. The van der Waals surface area contributed by atoms with E-state index in [1.165, 1.54) is 0 Å². The Bertz CT molecular complexity index is 1070. The molecule has 0 unspecified atom stereocenters. The number of hydrogen-bond acceptors (Lipinski definition) is 5. The molecule has 0 aliphatic heterocycles. The lowest BCUT2D eigenvalue weighted by Crippen LogP contribution is -2.22. The minimum absolute atomic E-state index is 0.156. The van der Waals surface area contributed by atoms with E-state index in [0.717, 1.165) is 6.04 Å². The largest absolute Gasteiger partial charge is 0.423 e. The molecule has 0 spiro atoms. The number of aromatic nitrogens is 3. The molecular formula is C21H26ClN3O4Si. The Kier molecular flexibility index (Phi) is 6.80. The monoisotopic (exact) mass is 447 g/mol. The molecule has 0 aliphatic rings. The summed E-state index contributed by atoms with van der Waals surface area (Å²) in [5.74, 6) is -0.462. The number of ketones is 1. The van der Waals surface area contributed by atoms with E-state index in [0.29, 0.717) is 22.5 Å². The predicted molar refractivity (Wildman–Crippen MR) is 119 cm³/mol. The van der Waals surface area contributed by atoms with Gasteiger partial charge in [-0.2, -0.15) is 0 Å². The topological polar surface area (TPSA) is 86.2 Å². The number of hydrogen-bond donors (Lipinski definition) is 1. The summed E-state index contributed by atoms with van der Waals surface area (Å²) in [5.41, 5.74) is 0.801. The normalized spacial score (nSPS) is 11.8. The van der Waals surface area contributed by atoms with Crippen molar-refractivity contribution in [2.45, 2.75) is 45.8 Å². The summed E-state index contributed by atoms with van der Waals surface area (Å²) in [7, 11) is -1.20. The maximum Gasteiger partial charge on any atom is 0.310 e. The van der Waals surface area contributed by atoms with Gasteiger partial charge in [0.1, 0.15) is 12.4 Å². The Morgan fingerprint density at radius 2 is 2.03 bits per heavy atom. The number of carbonyl (C=O) groups is 2. The van der Waals surface area contributed by atoms with Crippen molar-refractivity contribution in [2.75, 3.05) is 6.61 Å². The number of aromatic amines is 1. The zero-order valence-corrected chi connectivity index (χ0v) is 19.4. The highest BCUT2D eigenvalue weighted by Gasteiger charge is 2.25. The molecule has 0 fully saturated rings. The molecule has 7 nitrogen and oxygen atoms in total. The molecule has 0 bridgehead atoms. The number of rotatable bonds is 9. The summed E-state index contributed by atoms with van der Waals surface area (Å²) in [5, 5.41) is 1.05. The van der Waals surface area contributed by atoms with Crippen molar-refractivity contribution in [1.29, 1.82) is 0 Å². The van der Waals surface area contributed by atoms with Crippen LogP contribution in [0, 0.1) is 0 Å². The van der Waals surface area contributed by atoms with Gasteiger partial charge in [0.25, 0.3) is 0 Å². The lowest BCUT2D eigenvalue weighted by molar-refractivity contribution is -0.133. The van der Waals surface area contributed by atoms with Crippen LogP contribution in [0.4, 0.5) is 0 Å². The third kappa shape index (κ3) is 5.19.